The normalized spacial score (nSPS) is 18.5. The minimum absolute atomic E-state index is 0.0848. The fourth-order valence-electron chi connectivity index (χ4n) is 4.97. The van der Waals surface area contributed by atoms with E-state index in [4.69, 9.17) is 23.9 Å². The molecule has 14 heteroatoms. The van der Waals surface area contributed by atoms with Gasteiger partial charge in [0.25, 0.3) is 11.8 Å². The van der Waals surface area contributed by atoms with Crippen LogP contribution in [0, 0.1) is 6.92 Å². The lowest BCUT2D eigenvalue weighted by atomic mass is 10.1. The van der Waals surface area contributed by atoms with Gasteiger partial charge in [-0.25, -0.2) is 9.69 Å². The van der Waals surface area contributed by atoms with Crippen molar-refractivity contribution in [3.63, 3.8) is 0 Å². The van der Waals surface area contributed by atoms with Crippen molar-refractivity contribution in [1.29, 1.82) is 0 Å². The number of rotatable bonds is 7. The van der Waals surface area contributed by atoms with E-state index in [-0.39, 0.29) is 11.6 Å². The third-order valence-corrected chi connectivity index (χ3v) is 7.24. The molecule has 0 radical (unpaired) electrons. The van der Waals surface area contributed by atoms with Gasteiger partial charge >= 0.3 is 12.0 Å². The van der Waals surface area contributed by atoms with Gasteiger partial charge in [0.15, 0.2) is 11.5 Å². The highest BCUT2D eigenvalue weighted by Crippen LogP contribution is 2.33. The molecule has 4 heterocycles. The molecule has 14 nitrogen and oxygen atoms in total. The van der Waals surface area contributed by atoms with Crippen molar-refractivity contribution in [3.05, 3.63) is 59.2 Å². The molecule has 4 amide bonds. The van der Waals surface area contributed by atoms with Gasteiger partial charge in [0, 0.05) is 26.2 Å². The lowest BCUT2D eigenvalue weighted by Gasteiger charge is -2.30. The summed E-state index contributed by atoms with van der Waals surface area (Å²) >= 11 is 0. The number of urea groups is 1. The van der Waals surface area contributed by atoms with Gasteiger partial charge in [-0.15, -0.1) is 0 Å². The molecule has 1 aromatic heterocycles. The molecule has 3 aromatic rings. The van der Waals surface area contributed by atoms with E-state index in [1.54, 1.807) is 36.4 Å². The highest BCUT2D eigenvalue weighted by molar-refractivity contribution is 6.39. The number of aryl methyl sites for hydroxylation is 1. The second-order valence-electron chi connectivity index (χ2n) is 10.2. The number of carbonyl (C=O) groups excluding carboxylic acids is 3. The number of carbonyl (C=O) groups is 3. The topological polar surface area (TPSA) is 149 Å². The van der Waals surface area contributed by atoms with E-state index in [9.17, 15) is 14.4 Å². The molecule has 3 aliphatic heterocycles. The van der Waals surface area contributed by atoms with E-state index >= 15 is 0 Å². The Morgan fingerprint density at radius 3 is 2.11 bits per heavy atom. The third kappa shape index (κ3) is 6.16. The van der Waals surface area contributed by atoms with Gasteiger partial charge < -0.3 is 28.7 Å². The van der Waals surface area contributed by atoms with E-state index in [0.29, 0.717) is 87.3 Å². The van der Waals surface area contributed by atoms with E-state index < -0.39 is 17.8 Å². The van der Waals surface area contributed by atoms with Crippen molar-refractivity contribution < 1.29 is 33.3 Å². The number of nitrogens with one attached hydrogen (secondary N) is 1. The van der Waals surface area contributed by atoms with Crippen LogP contribution in [-0.2, 0) is 19.1 Å². The lowest BCUT2D eigenvalue weighted by molar-refractivity contribution is -0.122. The smallest absolute Gasteiger partial charge is 0.335 e. The van der Waals surface area contributed by atoms with Crippen LogP contribution >= 0.6 is 0 Å². The van der Waals surface area contributed by atoms with E-state index in [1.807, 2.05) is 22.8 Å². The molecular formula is C30H31N7O7. The van der Waals surface area contributed by atoms with Gasteiger partial charge in [-0.2, -0.15) is 15.0 Å². The summed E-state index contributed by atoms with van der Waals surface area (Å²) in [5, 5.41) is 2.24. The maximum atomic E-state index is 13.3. The first kappa shape index (κ1) is 29.0. The van der Waals surface area contributed by atoms with Crippen LogP contribution in [0.15, 0.2) is 48.0 Å². The number of aromatic nitrogens is 3. The Labute approximate surface area is 253 Å². The maximum Gasteiger partial charge on any atom is 0.335 e. The first-order valence-corrected chi connectivity index (χ1v) is 14.1. The number of hydrogen-bond donors (Lipinski definition) is 1. The predicted octanol–water partition coefficient (Wildman–Crippen LogP) is 2.32. The standard InChI is InChI=1S/C30H31N7O7/c1-19-4-3-5-21(16-19)37-26(39)22(25(38)31-30(37)40)17-20-6-7-23(24(18-20)41-2)44-29-33-27(35-8-12-42-13-9-35)32-28(34-29)36-10-14-43-15-11-36/h3-7,16-18H,8-15H2,1-2H3,(H,31,38,40)/b22-17+. The van der Waals surface area contributed by atoms with Gasteiger partial charge in [0.1, 0.15) is 5.57 Å². The average molecular weight is 602 g/mol. The molecule has 0 saturated carbocycles. The van der Waals surface area contributed by atoms with Crippen LogP contribution in [0.25, 0.3) is 6.08 Å². The van der Waals surface area contributed by atoms with Crippen LogP contribution in [0.2, 0.25) is 0 Å². The van der Waals surface area contributed by atoms with Gasteiger partial charge in [-0.3, -0.25) is 14.9 Å². The fourth-order valence-corrected chi connectivity index (χ4v) is 4.97. The van der Waals surface area contributed by atoms with E-state index in [0.717, 1.165) is 10.5 Å². The molecule has 0 aliphatic carbocycles. The Kier molecular flexibility index (Phi) is 8.34. The number of imide groups is 2. The number of nitrogens with zero attached hydrogens (tertiary/aromatic N) is 6. The first-order chi connectivity index (χ1) is 21.4. The van der Waals surface area contributed by atoms with E-state index in [1.165, 1.54) is 13.2 Å². The van der Waals surface area contributed by atoms with Crippen molar-refractivity contribution in [2.45, 2.75) is 6.92 Å². The zero-order valence-electron chi connectivity index (χ0n) is 24.3. The first-order valence-electron chi connectivity index (χ1n) is 14.1. The second kappa shape index (κ2) is 12.7. The Hall–Kier alpha value is -5.08. The van der Waals surface area contributed by atoms with Gasteiger partial charge in [-0.05, 0) is 48.4 Å². The summed E-state index contributed by atoms with van der Waals surface area (Å²) in [7, 11) is 1.47. The van der Waals surface area contributed by atoms with Crippen LogP contribution in [0.4, 0.5) is 22.4 Å². The monoisotopic (exact) mass is 601 g/mol. The fraction of sp³-hybridized carbons (Fsp3) is 0.333. The van der Waals surface area contributed by atoms with Crippen molar-refractivity contribution in [2.24, 2.45) is 0 Å². The zero-order valence-corrected chi connectivity index (χ0v) is 24.3. The number of amides is 4. The minimum atomic E-state index is -0.811. The summed E-state index contributed by atoms with van der Waals surface area (Å²) < 4.78 is 22.7. The summed E-state index contributed by atoms with van der Waals surface area (Å²) in [6.45, 7) is 6.66. The summed E-state index contributed by atoms with van der Waals surface area (Å²) in [5.74, 6) is 0.0673. The quantitative estimate of drug-likeness (QED) is 0.313. The van der Waals surface area contributed by atoms with Crippen LogP contribution in [0.5, 0.6) is 17.5 Å². The summed E-state index contributed by atoms with van der Waals surface area (Å²) in [6, 6.07) is 11.1. The largest absolute Gasteiger partial charge is 0.493 e. The summed E-state index contributed by atoms with van der Waals surface area (Å²) in [4.78, 5) is 57.4. The summed E-state index contributed by atoms with van der Waals surface area (Å²) in [5.41, 5.74) is 1.49. The molecule has 3 aliphatic rings. The molecule has 44 heavy (non-hydrogen) atoms. The van der Waals surface area contributed by atoms with Crippen LogP contribution in [0.3, 0.4) is 0 Å². The highest BCUT2D eigenvalue weighted by Gasteiger charge is 2.37. The molecule has 2 aromatic carbocycles. The molecule has 0 atom stereocenters. The molecule has 0 spiro atoms. The van der Waals surface area contributed by atoms with Crippen LogP contribution in [-0.4, -0.2) is 92.5 Å². The Balaban J connectivity index is 1.29. The second-order valence-corrected chi connectivity index (χ2v) is 10.2. The Morgan fingerprint density at radius 2 is 1.50 bits per heavy atom. The zero-order chi connectivity index (χ0) is 30.6. The maximum absolute atomic E-state index is 13.3. The number of benzene rings is 2. The molecule has 228 valence electrons. The number of barbiturate groups is 1. The molecule has 3 saturated heterocycles. The molecule has 0 bridgehead atoms. The van der Waals surface area contributed by atoms with Gasteiger partial charge in [0.2, 0.25) is 11.9 Å². The average Bonchev–Trinajstić information content (AvgIpc) is 3.04. The Morgan fingerprint density at radius 1 is 0.841 bits per heavy atom. The molecule has 1 N–H and O–H groups in total. The summed E-state index contributed by atoms with van der Waals surface area (Å²) in [6.07, 6.45) is 1.40. The minimum Gasteiger partial charge on any atom is -0.493 e. The van der Waals surface area contributed by atoms with Crippen molar-refractivity contribution in [3.8, 4) is 17.5 Å². The van der Waals surface area contributed by atoms with E-state index in [2.05, 4.69) is 15.3 Å². The Bertz CT molecular complexity index is 1580. The highest BCUT2D eigenvalue weighted by atomic mass is 16.5. The molecule has 3 fully saturated rings. The van der Waals surface area contributed by atoms with Crippen molar-refractivity contribution in [2.75, 3.05) is 74.4 Å². The molecule has 6 rings (SSSR count). The van der Waals surface area contributed by atoms with Crippen LogP contribution < -0.4 is 29.5 Å². The SMILES string of the molecule is COc1cc(/C=C2\C(=O)NC(=O)N(c3cccc(C)c3)C2=O)ccc1Oc1nc(N2CCOCC2)nc(N2CCOCC2)n1. The van der Waals surface area contributed by atoms with Crippen molar-refractivity contribution >= 4 is 41.5 Å². The number of hydrogen-bond acceptors (Lipinski definition) is 12. The number of morpholine rings is 2. The third-order valence-electron chi connectivity index (χ3n) is 7.24. The lowest BCUT2D eigenvalue weighted by Crippen LogP contribution is -2.54. The number of methoxy groups -OCH3 is 1. The number of anilines is 3. The van der Waals surface area contributed by atoms with Gasteiger partial charge in [0.05, 0.1) is 39.2 Å². The molecule has 0 unspecified atom stereocenters. The van der Waals surface area contributed by atoms with Crippen LogP contribution in [0.1, 0.15) is 11.1 Å². The predicted molar refractivity (Wildman–Crippen MR) is 159 cm³/mol. The van der Waals surface area contributed by atoms with Gasteiger partial charge in [-0.1, -0.05) is 18.2 Å². The number of ether oxygens (including phenoxy) is 4. The molecular weight excluding hydrogens is 570 g/mol. The van der Waals surface area contributed by atoms with Crippen molar-refractivity contribution in [1.82, 2.24) is 20.3 Å².